The third-order valence-corrected chi connectivity index (χ3v) is 11.8. The standard InChI is InChI=1S/C41H59Cl2F4N7O9/c1-22(2)17-28-36(59)53(7)30(19-23-18-24(42)12-13-26(23)43)34(57)51-39(3,4)37(60)48-15-10-9-11-29(32(55)50-28)52(6)35(58)27(14-16-63-8)49-33(56)31-20-25(44)21-54(31)38(61)40(5,62)41(45,46)47/h12-13,18,22,25,27-31,62H,9-11,14-17,19-21H2,1-8H3,(H,48,60)(H,49,56)(H,50,55)(H,51,57)/t25-,27+,28+,29+,30+,31+,40-/m1/s1. The number of carbonyl (C=O) groups excluding carboxylic acids is 7. The van der Waals surface area contributed by atoms with Crippen molar-refractivity contribution in [2.45, 2.75) is 133 Å². The van der Waals surface area contributed by atoms with E-state index in [9.17, 15) is 56.2 Å². The molecule has 0 saturated carbocycles. The molecule has 5 N–H and O–H groups in total. The highest BCUT2D eigenvalue weighted by molar-refractivity contribution is 6.33. The van der Waals surface area contributed by atoms with Crippen LogP contribution in [0.1, 0.15) is 78.7 Å². The molecule has 354 valence electrons. The largest absolute Gasteiger partial charge is 0.426 e. The maximum atomic E-state index is 14.7. The quantitative estimate of drug-likeness (QED) is 0.195. The minimum Gasteiger partial charge on any atom is -0.385 e. The third-order valence-electron chi connectivity index (χ3n) is 11.2. The number of hydrogen-bond acceptors (Lipinski definition) is 9. The zero-order valence-electron chi connectivity index (χ0n) is 36.7. The van der Waals surface area contributed by atoms with Gasteiger partial charge in [0, 0.05) is 57.2 Å². The van der Waals surface area contributed by atoms with Crippen LogP contribution < -0.4 is 21.3 Å². The van der Waals surface area contributed by atoms with Gasteiger partial charge in [-0.2, -0.15) is 13.2 Å². The number of halogens is 6. The van der Waals surface area contributed by atoms with E-state index in [4.69, 9.17) is 27.9 Å². The number of amides is 7. The molecule has 0 unspecified atom stereocenters. The van der Waals surface area contributed by atoms with E-state index < -0.39 is 108 Å². The molecule has 2 aliphatic rings. The topological polar surface area (TPSA) is 207 Å². The van der Waals surface area contributed by atoms with Gasteiger partial charge in [-0.3, -0.25) is 33.6 Å². The zero-order valence-corrected chi connectivity index (χ0v) is 38.2. The number of nitrogens with one attached hydrogen (secondary N) is 4. The number of nitrogens with zero attached hydrogens (tertiary/aromatic N) is 3. The lowest BCUT2D eigenvalue weighted by Crippen LogP contribution is -2.62. The molecule has 7 amide bonds. The van der Waals surface area contributed by atoms with Crippen LogP contribution in [-0.2, 0) is 44.7 Å². The van der Waals surface area contributed by atoms with Crippen LogP contribution >= 0.6 is 23.2 Å². The summed E-state index contributed by atoms with van der Waals surface area (Å²) in [7, 11) is 3.93. The Kier molecular flexibility index (Phi) is 18.6. The molecule has 0 aromatic heterocycles. The fourth-order valence-corrected chi connectivity index (χ4v) is 7.72. The van der Waals surface area contributed by atoms with E-state index in [-0.39, 0.29) is 74.4 Å². The van der Waals surface area contributed by atoms with Crippen molar-refractivity contribution in [2.24, 2.45) is 5.92 Å². The van der Waals surface area contributed by atoms with Crippen LogP contribution in [0.5, 0.6) is 0 Å². The normalized spacial score (nSPS) is 24.5. The molecule has 2 fully saturated rings. The van der Waals surface area contributed by atoms with Crippen LogP contribution in [0.3, 0.4) is 0 Å². The maximum absolute atomic E-state index is 14.7. The van der Waals surface area contributed by atoms with E-state index in [2.05, 4.69) is 21.3 Å². The Bertz CT molecular complexity index is 1850. The Morgan fingerprint density at radius 3 is 2.35 bits per heavy atom. The second-order valence-corrected chi connectivity index (χ2v) is 18.0. The van der Waals surface area contributed by atoms with E-state index in [0.29, 0.717) is 10.6 Å². The summed E-state index contributed by atoms with van der Waals surface area (Å²) in [6, 6.07) is -2.58. The molecule has 0 bridgehead atoms. The lowest BCUT2D eigenvalue weighted by Gasteiger charge is -2.36. The van der Waals surface area contributed by atoms with Gasteiger partial charge in [-0.25, -0.2) is 4.39 Å². The molecule has 2 saturated heterocycles. The van der Waals surface area contributed by atoms with Crippen molar-refractivity contribution in [2.75, 3.05) is 40.9 Å². The molecule has 2 heterocycles. The van der Waals surface area contributed by atoms with Gasteiger partial charge in [0.1, 0.15) is 41.9 Å². The van der Waals surface area contributed by atoms with Crippen LogP contribution in [0.25, 0.3) is 0 Å². The van der Waals surface area contributed by atoms with Crippen LogP contribution in [-0.4, -0.2) is 156 Å². The highest BCUT2D eigenvalue weighted by atomic mass is 35.5. The van der Waals surface area contributed by atoms with Crippen LogP contribution in [0.15, 0.2) is 18.2 Å². The Labute approximate surface area is 374 Å². The lowest BCUT2D eigenvalue weighted by molar-refractivity contribution is -0.250. The molecule has 16 nitrogen and oxygen atoms in total. The van der Waals surface area contributed by atoms with E-state index in [1.54, 1.807) is 26.0 Å². The van der Waals surface area contributed by atoms with Gasteiger partial charge in [0.05, 0.1) is 6.54 Å². The maximum Gasteiger partial charge on any atom is 0.426 e. The molecule has 0 spiro atoms. The average Bonchev–Trinajstić information content (AvgIpc) is 3.59. The monoisotopic (exact) mass is 939 g/mol. The zero-order chi connectivity index (χ0) is 47.8. The minimum absolute atomic E-state index is 0.0235. The number of likely N-dealkylation sites (tertiary alicyclic amines) is 1. The van der Waals surface area contributed by atoms with Crippen molar-refractivity contribution in [1.29, 1.82) is 0 Å². The number of likely N-dealkylation sites (N-methyl/N-ethyl adjacent to an activating group) is 2. The van der Waals surface area contributed by atoms with Gasteiger partial charge in [0.15, 0.2) is 0 Å². The predicted octanol–water partition coefficient (Wildman–Crippen LogP) is 2.69. The summed E-state index contributed by atoms with van der Waals surface area (Å²) < 4.78 is 60.6. The SMILES string of the molecule is COCC[C@H](NC(=O)[C@@H]1C[C@@H](F)CN1C(=O)[C@@](C)(O)C(F)(F)F)C(=O)N(C)[C@H]1CCCCNC(=O)C(C)(C)NC(=O)[C@H](Cc2cc(Cl)ccc2Cl)N(C)C(=O)[C@H](CC(C)C)NC1=O. The Hall–Kier alpha value is -4.27. The second-order valence-electron chi connectivity index (χ2n) is 17.1. The van der Waals surface area contributed by atoms with Crippen LogP contribution in [0.2, 0.25) is 10.0 Å². The van der Waals surface area contributed by atoms with Crippen molar-refractivity contribution in [3.63, 3.8) is 0 Å². The van der Waals surface area contributed by atoms with E-state index >= 15 is 0 Å². The van der Waals surface area contributed by atoms with Gasteiger partial charge in [-0.1, -0.05) is 37.0 Å². The number of benzene rings is 1. The highest BCUT2D eigenvalue weighted by Crippen LogP contribution is 2.34. The summed E-state index contributed by atoms with van der Waals surface area (Å²) >= 11 is 12.7. The molecular weight excluding hydrogens is 881 g/mol. The first-order valence-corrected chi connectivity index (χ1v) is 21.3. The number of aliphatic hydroxyl groups is 1. The summed E-state index contributed by atoms with van der Waals surface area (Å²) in [5, 5.41) is 21.3. The smallest absolute Gasteiger partial charge is 0.385 e. The average molecular weight is 941 g/mol. The lowest BCUT2D eigenvalue weighted by atomic mass is 9.97. The first kappa shape index (κ1) is 53.1. The summed E-state index contributed by atoms with van der Waals surface area (Å²) in [5.41, 5.74) is -4.98. The van der Waals surface area contributed by atoms with E-state index in [0.717, 1.165) is 9.80 Å². The number of methoxy groups -OCH3 is 1. The minimum atomic E-state index is -5.46. The van der Waals surface area contributed by atoms with Gasteiger partial charge in [-0.15, -0.1) is 0 Å². The van der Waals surface area contributed by atoms with Crippen molar-refractivity contribution < 1.29 is 61.0 Å². The fourth-order valence-electron chi connectivity index (χ4n) is 7.33. The van der Waals surface area contributed by atoms with Gasteiger partial charge in [0.2, 0.25) is 41.0 Å². The Morgan fingerprint density at radius 1 is 1.10 bits per heavy atom. The number of ether oxygens (including phenoxy) is 1. The van der Waals surface area contributed by atoms with Gasteiger partial charge < -0.3 is 45.8 Å². The Morgan fingerprint density at radius 2 is 1.75 bits per heavy atom. The molecule has 63 heavy (non-hydrogen) atoms. The molecule has 1 aromatic rings. The summed E-state index contributed by atoms with van der Waals surface area (Å²) in [4.78, 5) is 99.5. The van der Waals surface area contributed by atoms with Crippen molar-refractivity contribution in [1.82, 2.24) is 36.0 Å². The summed E-state index contributed by atoms with van der Waals surface area (Å²) in [6.07, 6.45) is -7.90. The first-order valence-electron chi connectivity index (χ1n) is 20.6. The van der Waals surface area contributed by atoms with E-state index in [1.807, 2.05) is 0 Å². The molecule has 0 aliphatic carbocycles. The van der Waals surface area contributed by atoms with Gasteiger partial charge in [0.25, 0.3) is 5.91 Å². The molecule has 1 aromatic carbocycles. The third kappa shape index (κ3) is 13.6. The van der Waals surface area contributed by atoms with Crippen molar-refractivity contribution >= 4 is 64.6 Å². The number of rotatable bonds is 12. The first-order chi connectivity index (χ1) is 29.1. The van der Waals surface area contributed by atoms with Gasteiger partial charge >= 0.3 is 6.18 Å². The molecule has 22 heteroatoms. The highest BCUT2D eigenvalue weighted by Gasteiger charge is 2.59. The number of hydrogen-bond donors (Lipinski definition) is 5. The van der Waals surface area contributed by atoms with Crippen LogP contribution in [0.4, 0.5) is 17.6 Å². The van der Waals surface area contributed by atoms with E-state index in [1.165, 1.54) is 41.1 Å². The number of carbonyl (C=O) groups is 7. The summed E-state index contributed by atoms with van der Waals surface area (Å²) in [6.45, 7) is 5.82. The molecule has 7 atom stereocenters. The molecule has 3 rings (SSSR count). The molecule has 2 aliphatic heterocycles. The fraction of sp³-hybridized carbons (Fsp3) is 0.683. The molecule has 0 radical (unpaired) electrons. The molecular formula is C41H59Cl2F4N7O9. The summed E-state index contributed by atoms with van der Waals surface area (Å²) in [5.74, 6) is -6.92. The van der Waals surface area contributed by atoms with Crippen molar-refractivity contribution in [3.05, 3.63) is 33.8 Å². The van der Waals surface area contributed by atoms with Gasteiger partial charge in [-0.05, 0) is 82.6 Å². The predicted molar refractivity (Wildman–Crippen MR) is 224 cm³/mol. The number of alkyl halides is 4. The van der Waals surface area contributed by atoms with Crippen molar-refractivity contribution in [3.8, 4) is 0 Å². The van der Waals surface area contributed by atoms with Crippen LogP contribution in [0, 0.1) is 5.92 Å². The second kappa shape index (κ2) is 22.1. The Balaban J connectivity index is 2.02.